The fourth-order valence-electron chi connectivity index (χ4n) is 6.68. The van der Waals surface area contributed by atoms with E-state index in [9.17, 15) is 0 Å². The van der Waals surface area contributed by atoms with Gasteiger partial charge in [-0.2, -0.15) is 5.10 Å². The van der Waals surface area contributed by atoms with Crippen molar-refractivity contribution in [3.8, 4) is 11.1 Å². The molecule has 0 atom stereocenters. The van der Waals surface area contributed by atoms with Crippen LogP contribution in [0, 0.1) is 0 Å². The summed E-state index contributed by atoms with van der Waals surface area (Å²) in [5, 5.41) is 10.7. The van der Waals surface area contributed by atoms with Gasteiger partial charge in [-0.05, 0) is 64.4 Å². The van der Waals surface area contributed by atoms with Crippen LogP contribution in [0.2, 0.25) is 0 Å². The molecule has 0 spiro atoms. The average molecular weight is 606 g/mol. The third-order valence-electron chi connectivity index (χ3n) is 8.86. The van der Waals surface area contributed by atoms with Crippen molar-refractivity contribution in [2.75, 3.05) is 0 Å². The number of hydrogen-bond acceptors (Lipinski definition) is 4. The van der Waals surface area contributed by atoms with Crippen LogP contribution in [0.1, 0.15) is 16.7 Å². The number of amidine groups is 1. The van der Waals surface area contributed by atoms with E-state index in [1.165, 1.54) is 10.8 Å². The van der Waals surface area contributed by atoms with Crippen molar-refractivity contribution in [2.24, 2.45) is 15.9 Å². The van der Waals surface area contributed by atoms with Gasteiger partial charge in [0.2, 0.25) is 0 Å². The molecule has 222 valence electrons. The molecule has 0 aliphatic carbocycles. The predicted octanol–water partition coefficient (Wildman–Crippen LogP) is 10.5. The van der Waals surface area contributed by atoms with Crippen LogP contribution in [0.5, 0.6) is 0 Å². The van der Waals surface area contributed by atoms with Gasteiger partial charge in [0.05, 0.1) is 5.71 Å². The summed E-state index contributed by atoms with van der Waals surface area (Å²) in [5.74, 6) is 6.61. The molecule has 9 rings (SSSR count). The minimum absolute atomic E-state index is 0.405. The lowest BCUT2D eigenvalue weighted by Gasteiger charge is -2.11. The number of hydrogen-bond donors (Lipinski definition) is 1. The Labute approximate surface area is 269 Å². The fourth-order valence-corrected chi connectivity index (χ4v) is 6.68. The molecule has 47 heavy (non-hydrogen) atoms. The second-order valence-corrected chi connectivity index (χ2v) is 11.6. The maximum absolute atomic E-state index is 6.44. The lowest BCUT2D eigenvalue weighted by molar-refractivity contribution is 0.668. The minimum atomic E-state index is 0.405. The maximum Gasteiger partial charge on any atom is 0.180 e. The molecule has 2 heterocycles. The second kappa shape index (κ2) is 10.9. The van der Waals surface area contributed by atoms with Crippen molar-refractivity contribution in [3.63, 3.8) is 0 Å². The zero-order valence-corrected chi connectivity index (χ0v) is 25.2. The highest BCUT2D eigenvalue weighted by molar-refractivity contribution is 6.26. The van der Waals surface area contributed by atoms with Crippen LogP contribution in [0.15, 0.2) is 171 Å². The van der Waals surface area contributed by atoms with E-state index in [1.807, 2.05) is 78.9 Å². The van der Waals surface area contributed by atoms with Gasteiger partial charge < -0.3 is 14.7 Å². The number of nitrogens with zero attached hydrogens (tertiary/aromatic N) is 2. The van der Waals surface area contributed by atoms with Crippen molar-refractivity contribution in [1.82, 2.24) is 0 Å². The van der Waals surface area contributed by atoms with Crippen LogP contribution in [-0.2, 0) is 0 Å². The van der Waals surface area contributed by atoms with E-state index < -0.39 is 0 Å². The molecule has 0 aliphatic rings. The van der Waals surface area contributed by atoms with Crippen molar-refractivity contribution in [2.45, 2.75) is 0 Å². The monoisotopic (exact) mass is 605 g/mol. The largest absolute Gasteiger partial charge is 0.456 e. The number of nitrogens with two attached hydrogens (primary N) is 1. The van der Waals surface area contributed by atoms with E-state index in [-0.39, 0.29) is 0 Å². The Balaban J connectivity index is 1.27. The summed E-state index contributed by atoms with van der Waals surface area (Å²) in [5.41, 5.74) is 8.80. The van der Waals surface area contributed by atoms with Crippen molar-refractivity contribution in [1.29, 1.82) is 0 Å². The molecule has 7 aromatic carbocycles. The molecule has 0 saturated carbocycles. The van der Waals surface area contributed by atoms with Gasteiger partial charge in [0.15, 0.2) is 5.84 Å². The summed E-state index contributed by atoms with van der Waals surface area (Å²) in [6.07, 6.45) is 0. The van der Waals surface area contributed by atoms with Gasteiger partial charge in [-0.3, -0.25) is 0 Å². The highest BCUT2D eigenvalue weighted by atomic mass is 16.3. The van der Waals surface area contributed by atoms with Crippen molar-refractivity contribution < 1.29 is 8.83 Å². The molecule has 0 fully saturated rings. The van der Waals surface area contributed by atoms with E-state index in [1.54, 1.807) is 0 Å². The molecule has 0 saturated heterocycles. The van der Waals surface area contributed by atoms with Crippen LogP contribution in [0.3, 0.4) is 0 Å². The van der Waals surface area contributed by atoms with E-state index in [2.05, 4.69) is 77.9 Å². The Hall–Kier alpha value is -6.46. The van der Waals surface area contributed by atoms with Crippen molar-refractivity contribution >= 4 is 66.2 Å². The molecular formula is C42H27N3O2. The Bertz CT molecular complexity index is 2700. The maximum atomic E-state index is 6.44. The van der Waals surface area contributed by atoms with E-state index in [0.717, 1.165) is 77.4 Å². The van der Waals surface area contributed by atoms with Crippen LogP contribution in [0.25, 0.3) is 65.8 Å². The first-order valence-electron chi connectivity index (χ1n) is 15.5. The Morgan fingerprint density at radius 1 is 0.489 bits per heavy atom. The summed E-state index contributed by atoms with van der Waals surface area (Å²) in [7, 11) is 0. The molecule has 0 amide bonds. The molecule has 0 unspecified atom stereocenters. The second-order valence-electron chi connectivity index (χ2n) is 11.6. The third-order valence-corrected chi connectivity index (χ3v) is 8.86. The zero-order valence-electron chi connectivity index (χ0n) is 25.2. The van der Waals surface area contributed by atoms with Gasteiger partial charge >= 0.3 is 0 Å². The Kier molecular flexibility index (Phi) is 6.22. The normalized spacial score (nSPS) is 12.6. The van der Waals surface area contributed by atoms with E-state index >= 15 is 0 Å². The number of hydrazone groups is 1. The summed E-state index contributed by atoms with van der Waals surface area (Å²) in [6, 6.07) is 51.5. The average Bonchev–Trinajstić information content (AvgIpc) is 3.71. The van der Waals surface area contributed by atoms with Crippen LogP contribution >= 0.6 is 0 Å². The number of furan rings is 2. The van der Waals surface area contributed by atoms with Crippen molar-refractivity contribution in [3.05, 3.63) is 168 Å². The molecule has 9 aromatic rings. The fraction of sp³-hybridized carbons (Fsp3) is 0. The SMILES string of the molecule is N/N=C(\N=C(\c1ccccc1)c1ccc2oc3ccccc3c2c1)c1cccc2oc3cccc(-c4ccc5ccccc5c4)c3c12. The zero-order chi connectivity index (χ0) is 31.3. The minimum Gasteiger partial charge on any atom is -0.456 e. The van der Waals surface area contributed by atoms with Gasteiger partial charge in [0.25, 0.3) is 0 Å². The number of aliphatic imine (C=N–C) groups is 1. The molecule has 0 aliphatic heterocycles. The molecular weight excluding hydrogens is 578 g/mol. The van der Waals surface area contributed by atoms with Gasteiger partial charge in [0.1, 0.15) is 22.3 Å². The third kappa shape index (κ3) is 4.48. The molecule has 2 aromatic heterocycles. The van der Waals surface area contributed by atoms with Gasteiger partial charge in [-0.1, -0.05) is 109 Å². The molecule has 0 bridgehead atoms. The first-order chi connectivity index (χ1) is 23.2. The molecule has 2 N–H and O–H groups in total. The summed E-state index contributed by atoms with van der Waals surface area (Å²) >= 11 is 0. The van der Waals surface area contributed by atoms with E-state index in [0.29, 0.717) is 5.84 Å². The summed E-state index contributed by atoms with van der Waals surface area (Å²) in [6.45, 7) is 0. The predicted molar refractivity (Wildman–Crippen MR) is 193 cm³/mol. The standard InChI is InChI=1S/C42H27N3O2/c43-45-42(44-41(27-11-2-1-3-12-27)30-22-23-36-34(25-30)32-14-6-7-17-35(32)46-36)33-16-9-19-38-40(33)39-31(15-8-18-37(39)47-38)29-21-20-26-10-4-5-13-28(26)24-29/h1-25H,43H2/b44-41-,45-42-. The number of benzene rings is 7. The molecule has 5 heteroatoms. The van der Waals surface area contributed by atoms with Gasteiger partial charge in [-0.25, -0.2) is 4.99 Å². The lowest BCUT2D eigenvalue weighted by atomic mass is 9.95. The Morgan fingerprint density at radius 2 is 1.19 bits per heavy atom. The van der Waals surface area contributed by atoms with Gasteiger partial charge in [0, 0.05) is 38.2 Å². The van der Waals surface area contributed by atoms with Gasteiger partial charge in [-0.15, -0.1) is 0 Å². The first-order valence-corrected chi connectivity index (χ1v) is 15.5. The van der Waals surface area contributed by atoms with E-state index in [4.69, 9.17) is 19.7 Å². The van der Waals surface area contributed by atoms with Crippen LogP contribution in [-0.4, -0.2) is 11.5 Å². The summed E-state index contributed by atoms with van der Waals surface area (Å²) < 4.78 is 12.6. The number of fused-ring (bicyclic) bond motifs is 7. The quantitative estimate of drug-likeness (QED) is 0.0938. The topological polar surface area (TPSA) is 77.0 Å². The van der Waals surface area contributed by atoms with Crippen LogP contribution < -0.4 is 5.84 Å². The highest BCUT2D eigenvalue weighted by Crippen LogP contribution is 2.39. The first kappa shape index (κ1) is 26.9. The number of rotatable bonds is 4. The smallest absolute Gasteiger partial charge is 0.180 e. The molecule has 0 radical (unpaired) electrons. The number of para-hydroxylation sites is 1. The van der Waals surface area contributed by atoms with Crippen LogP contribution in [0.4, 0.5) is 0 Å². The summed E-state index contributed by atoms with van der Waals surface area (Å²) in [4.78, 5) is 5.23. The highest BCUT2D eigenvalue weighted by Gasteiger charge is 2.20. The molecule has 5 nitrogen and oxygen atoms in total. The lowest BCUT2D eigenvalue weighted by Crippen LogP contribution is -2.10. The Morgan fingerprint density at radius 3 is 2.06 bits per heavy atom.